The van der Waals surface area contributed by atoms with Crippen LogP contribution in [0.4, 0.5) is 0 Å². The normalized spacial score (nSPS) is 16.1. The van der Waals surface area contributed by atoms with Gasteiger partial charge in [0.25, 0.3) is 0 Å². The first-order valence-corrected chi connectivity index (χ1v) is 8.47. The topological polar surface area (TPSA) is 33.1 Å². The molecule has 4 nitrogen and oxygen atoms in total. The first-order chi connectivity index (χ1) is 10.0. The fourth-order valence-corrected chi connectivity index (χ4v) is 3.28. The predicted molar refractivity (Wildman–Crippen MR) is 90.6 cm³/mol. The summed E-state index contributed by atoms with van der Waals surface area (Å²) in [7, 11) is 1.99. The minimum Gasteiger partial charge on any atom is -0.312 e. The summed E-state index contributed by atoms with van der Waals surface area (Å²) in [5.74, 6) is 0. The molecular formula is C17H34N4. The number of aryl methyl sites for hydroxylation is 1. The van der Waals surface area contributed by atoms with Crippen molar-refractivity contribution in [1.29, 1.82) is 0 Å². The summed E-state index contributed by atoms with van der Waals surface area (Å²) in [6, 6.07) is 0.451. The molecule has 1 N–H and O–H groups in total. The minimum atomic E-state index is 0.175. The Morgan fingerprint density at radius 3 is 2.38 bits per heavy atom. The molecule has 2 unspecified atom stereocenters. The van der Waals surface area contributed by atoms with E-state index >= 15 is 0 Å². The Kier molecular flexibility index (Phi) is 7.40. The van der Waals surface area contributed by atoms with Gasteiger partial charge in [-0.25, -0.2) is 0 Å². The Morgan fingerprint density at radius 1 is 1.29 bits per heavy atom. The number of rotatable bonds is 10. The molecule has 21 heavy (non-hydrogen) atoms. The number of nitrogens with zero attached hydrogens (tertiary/aromatic N) is 3. The maximum Gasteiger partial charge on any atom is 0.0522 e. The van der Waals surface area contributed by atoms with Gasteiger partial charge in [-0.15, -0.1) is 0 Å². The Labute approximate surface area is 130 Å². The van der Waals surface area contributed by atoms with Gasteiger partial charge in [0, 0.05) is 24.8 Å². The third-order valence-electron chi connectivity index (χ3n) is 4.79. The number of aromatic nitrogens is 2. The van der Waals surface area contributed by atoms with E-state index in [0.29, 0.717) is 6.04 Å². The van der Waals surface area contributed by atoms with Crippen LogP contribution in [0.3, 0.4) is 0 Å². The molecule has 0 aliphatic rings. The zero-order valence-corrected chi connectivity index (χ0v) is 14.8. The highest BCUT2D eigenvalue weighted by molar-refractivity contribution is 5.10. The molecule has 0 spiro atoms. The van der Waals surface area contributed by atoms with Gasteiger partial charge in [-0.3, -0.25) is 9.58 Å². The van der Waals surface area contributed by atoms with E-state index in [1.807, 2.05) is 17.9 Å². The van der Waals surface area contributed by atoms with Crippen molar-refractivity contribution >= 4 is 0 Å². The van der Waals surface area contributed by atoms with E-state index < -0.39 is 0 Å². The lowest BCUT2D eigenvalue weighted by Gasteiger charge is -2.46. The lowest BCUT2D eigenvalue weighted by atomic mass is 9.83. The van der Waals surface area contributed by atoms with Crippen molar-refractivity contribution in [1.82, 2.24) is 20.0 Å². The Morgan fingerprint density at radius 2 is 1.95 bits per heavy atom. The van der Waals surface area contributed by atoms with Crippen molar-refractivity contribution in [3.63, 3.8) is 0 Å². The lowest BCUT2D eigenvalue weighted by molar-refractivity contribution is 0.0701. The molecule has 0 saturated carbocycles. The molecular weight excluding hydrogens is 260 g/mol. The molecule has 1 aromatic heterocycles. The quantitative estimate of drug-likeness (QED) is 0.720. The first-order valence-electron chi connectivity index (χ1n) is 8.47. The van der Waals surface area contributed by atoms with Crippen LogP contribution in [0.15, 0.2) is 12.4 Å². The lowest BCUT2D eigenvalue weighted by Crippen LogP contribution is -2.60. The van der Waals surface area contributed by atoms with Gasteiger partial charge >= 0.3 is 0 Å². The summed E-state index contributed by atoms with van der Waals surface area (Å²) < 4.78 is 1.90. The minimum absolute atomic E-state index is 0.175. The highest BCUT2D eigenvalue weighted by atomic mass is 15.2. The fourth-order valence-electron chi connectivity index (χ4n) is 3.28. The fraction of sp³-hybridized carbons (Fsp3) is 0.824. The van der Waals surface area contributed by atoms with Gasteiger partial charge in [-0.2, -0.15) is 5.10 Å². The second-order valence-corrected chi connectivity index (χ2v) is 6.12. The Bertz CT molecular complexity index is 397. The highest BCUT2D eigenvalue weighted by Gasteiger charge is 2.36. The van der Waals surface area contributed by atoms with Gasteiger partial charge < -0.3 is 5.32 Å². The number of hydrogen-bond donors (Lipinski definition) is 1. The van der Waals surface area contributed by atoms with Crippen LogP contribution in [0.1, 0.15) is 53.0 Å². The van der Waals surface area contributed by atoms with Gasteiger partial charge in [-0.1, -0.05) is 27.7 Å². The van der Waals surface area contributed by atoms with Crippen molar-refractivity contribution in [2.75, 3.05) is 19.6 Å². The van der Waals surface area contributed by atoms with Crippen LogP contribution in [-0.4, -0.2) is 45.9 Å². The van der Waals surface area contributed by atoms with Crippen LogP contribution in [0, 0.1) is 0 Å². The molecule has 1 aromatic rings. The molecule has 0 aliphatic heterocycles. The van der Waals surface area contributed by atoms with Crippen molar-refractivity contribution in [2.45, 2.75) is 65.5 Å². The van der Waals surface area contributed by atoms with E-state index in [9.17, 15) is 0 Å². The molecule has 2 atom stereocenters. The van der Waals surface area contributed by atoms with Gasteiger partial charge in [0.15, 0.2) is 0 Å². The Balaban J connectivity index is 2.96. The summed E-state index contributed by atoms with van der Waals surface area (Å²) in [6.07, 6.45) is 7.49. The predicted octanol–water partition coefficient (Wildman–Crippen LogP) is 2.84. The van der Waals surface area contributed by atoms with Crippen LogP contribution >= 0.6 is 0 Å². The second-order valence-electron chi connectivity index (χ2n) is 6.12. The molecule has 0 aliphatic carbocycles. The van der Waals surface area contributed by atoms with Crippen molar-refractivity contribution in [2.24, 2.45) is 7.05 Å². The number of nitrogens with one attached hydrogen (secondary N) is 1. The van der Waals surface area contributed by atoms with Gasteiger partial charge in [0.05, 0.1) is 6.20 Å². The van der Waals surface area contributed by atoms with Gasteiger partial charge in [0.1, 0.15) is 0 Å². The van der Waals surface area contributed by atoms with Crippen LogP contribution < -0.4 is 5.32 Å². The van der Waals surface area contributed by atoms with Crippen LogP contribution in [0.25, 0.3) is 0 Å². The molecule has 1 rings (SSSR count). The summed E-state index contributed by atoms with van der Waals surface area (Å²) in [5.41, 5.74) is 1.49. The van der Waals surface area contributed by atoms with Crippen LogP contribution in [0.5, 0.6) is 0 Å². The Hall–Kier alpha value is -0.870. The third kappa shape index (κ3) is 4.55. The average Bonchev–Trinajstić information content (AvgIpc) is 2.89. The van der Waals surface area contributed by atoms with E-state index in [0.717, 1.165) is 32.5 Å². The van der Waals surface area contributed by atoms with Gasteiger partial charge in [0.2, 0.25) is 0 Å². The summed E-state index contributed by atoms with van der Waals surface area (Å²) in [4.78, 5) is 2.59. The first kappa shape index (κ1) is 18.2. The summed E-state index contributed by atoms with van der Waals surface area (Å²) >= 11 is 0. The average molecular weight is 294 g/mol. The highest BCUT2D eigenvalue weighted by Crippen LogP contribution is 2.26. The number of likely N-dealkylation sites (N-methyl/N-ethyl adjacent to an activating group) is 1. The second kappa shape index (κ2) is 8.54. The zero-order valence-electron chi connectivity index (χ0n) is 14.8. The smallest absolute Gasteiger partial charge is 0.0522 e. The third-order valence-corrected chi connectivity index (χ3v) is 4.79. The zero-order chi connectivity index (χ0) is 15.9. The molecule has 0 saturated heterocycles. The van der Waals surface area contributed by atoms with Crippen molar-refractivity contribution in [3.8, 4) is 0 Å². The summed E-state index contributed by atoms with van der Waals surface area (Å²) in [6.45, 7) is 14.7. The van der Waals surface area contributed by atoms with E-state index in [2.05, 4.69) is 56.1 Å². The molecule has 122 valence electrons. The molecule has 4 heteroatoms. The number of hydrogen-bond acceptors (Lipinski definition) is 3. The molecule has 0 fully saturated rings. The summed E-state index contributed by atoms with van der Waals surface area (Å²) in [5, 5.41) is 8.11. The monoisotopic (exact) mass is 294 g/mol. The van der Waals surface area contributed by atoms with E-state index in [4.69, 9.17) is 0 Å². The van der Waals surface area contributed by atoms with Crippen LogP contribution in [0.2, 0.25) is 0 Å². The molecule has 0 aromatic carbocycles. The molecule has 0 radical (unpaired) electrons. The van der Waals surface area contributed by atoms with E-state index in [1.165, 1.54) is 12.0 Å². The maximum atomic E-state index is 4.32. The molecule has 0 bridgehead atoms. The van der Waals surface area contributed by atoms with E-state index in [1.54, 1.807) is 0 Å². The largest absolute Gasteiger partial charge is 0.312 e. The van der Waals surface area contributed by atoms with Crippen molar-refractivity contribution < 1.29 is 0 Å². The van der Waals surface area contributed by atoms with E-state index in [-0.39, 0.29) is 5.54 Å². The maximum absolute atomic E-state index is 4.32. The van der Waals surface area contributed by atoms with Crippen LogP contribution in [-0.2, 0) is 13.5 Å². The molecule has 1 heterocycles. The molecule has 0 amide bonds. The van der Waals surface area contributed by atoms with Crippen molar-refractivity contribution in [3.05, 3.63) is 18.0 Å². The van der Waals surface area contributed by atoms with Gasteiger partial charge in [-0.05, 0) is 51.4 Å². The standard InChI is InChI=1S/C17H34N4/c1-7-11-18-16(12-15-13-19-20(6)14-15)17(5,8-2)21(9-3)10-4/h13-14,16,18H,7-12H2,1-6H3. The SMILES string of the molecule is CCCNC(Cc1cnn(C)c1)C(C)(CC)N(CC)CC.